The molecule has 42 heavy (non-hydrogen) atoms. The number of nitro groups is 1. The number of nitrogens with zero attached hydrogens (tertiary/aromatic N) is 2. The molecule has 0 saturated carbocycles. The fraction of sp³-hybridized carbons (Fsp3) is 0.0667. The number of hydrazone groups is 1. The predicted octanol–water partition coefficient (Wildman–Crippen LogP) is 4.87. The molecule has 0 saturated heterocycles. The van der Waals surface area contributed by atoms with E-state index in [9.17, 15) is 24.5 Å². The molecule has 0 aliphatic carbocycles. The molecule has 4 aromatic rings. The average Bonchev–Trinajstić information content (AvgIpc) is 3.46. The van der Waals surface area contributed by atoms with Crippen LogP contribution in [0.15, 0.2) is 90.0 Å². The van der Waals surface area contributed by atoms with Crippen molar-refractivity contribution in [2.45, 2.75) is 6.92 Å². The van der Waals surface area contributed by atoms with Crippen LogP contribution in [0.1, 0.15) is 42.2 Å². The molecular formula is C30H22N4O8. The number of ether oxygens (including phenoxy) is 3. The van der Waals surface area contributed by atoms with E-state index in [-0.39, 0.29) is 35.1 Å². The number of hydrogen-bond donors (Lipinski definition) is 2. The quantitative estimate of drug-likeness (QED) is 0.101. The van der Waals surface area contributed by atoms with Crippen molar-refractivity contribution in [1.82, 2.24) is 5.43 Å². The van der Waals surface area contributed by atoms with E-state index in [1.807, 2.05) is 13.0 Å². The number of fused-ring (bicyclic) bond motifs is 1. The van der Waals surface area contributed by atoms with E-state index in [1.54, 1.807) is 30.3 Å². The van der Waals surface area contributed by atoms with Crippen molar-refractivity contribution in [3.8, 4) is 17.2 Å². The second kappa shape index (κ2) is 12.0. The number of amides is 2. The van der Waals surface area contributed by atoms with Crippen LogP contribution in [0, 0.1) is 17.0 Å². The van der Waals surface area contributed by atoms with Crippen LogP contribution in [-0.2, 0) is 0 Å². The summed E-state index contributed by atoms with van der Waals surface area (Å²) in [5.41, 5.74) is 4.23. The largest absolute Gasteiger partial charge is 0.454 e. The summed E-state index contributed by atoms with van der Waals surface area (Å²) in [5, 5.41) is 18.3. The second-order valence-electron chi connectivity index (χ2n) is 9.01. The van der Waals surface area contributed by atoms with Crippen molar-refractivity contribution in [2.24, 2.45) is 5.10 Å². The smallest absolute Gasteiger partial charge is 0.343 e. The molecule has 0 aromatic heterocycles. The molecule has 0 unspecified atom stereocenters. The Hall–Kier alpha value is -6.04. The van der Waals surface area contributed by atoms with E-state index < -0.39 is 22.5 Å². The van der Waals surface area contributed by atoms with Gasteiger partial charge < -0.3 is 19.5 Å². The summed E-state index contributed by atoms with van der Waals surface area (Å²) < 4.78 is 15.9. The van der Waals surface area contributed by atoms with E-state index in [4.69, 9.17) is 14.2 Å². The topological polar surface area (TPSA) is 158 Å². The lowest BCUT2D eigenvalue weighted by atomic mass is 10.1. The lowest BCUT2D eigenvalue weighted by Crippen LogP contribution is -2.18. The standard InChI is InChI=1S/C30H22N4O8/c1-18-4-2-5-20(14-18)28(35)32-23-11-8-19(9-12-23)29(36)33-31-16-22-6-3-7-24(34(38)39)27(22)42-30(37)21-10-13-25-26(15-21)41-17-40-25/h2-16H,17H2,1H3,(H,32,35)(H,33,36)/b31-16+. The summed E-state index contributed by atoms with van der Waals surface area (Å²) in [6.07, 6.45) is 1.13. The SMILES string of the molecule is Cc1cccc(C(=O)Nc2ccc(C(=O)N/N=C/c3cccc([N+](=O)[O-])c3OC(=O)c3ccc4c(c3)OCO4)cc2)c1. The number of carbonyl (C=O) groups excluding carboxylic acids is 3. The van der Waals surface area contributed by atoms with Gasteiger partial charge in [0.2, 0.25) is 12.5 Å². The number of para-hydroxylation sites is 1. The number of aryl methyl sites for hydroxylation is 1. The van der Waals surface area contributed by atoms with Gasteiger partial charge in [-0.15, -0.1) is 0 Å². The fourth-order valence-electron chi connectivity index (χ4n) is 3.99. The maximum atomic E-state index is 12.8. The van der Waals surface area contributed by atoms with Crippen molar-refractivity contribution in [3.63, 3.8) is 0 Å². The molecular weight excluding hydrogens is 544 g/mol. The molecule has 12 heteroatoms. The van der Waals surface area contributed by atoms with Crippen LogP contribution in [-0.4, -0.2) is 35.7 Å². The molecule has 0 radical (unpaired) electrons. The molecule has 12 nitrogen and oxygen atoms in total. The predicted molar refractivity (Wildman–Crippen MR) is 151 cm³/mol. The van der Waals surface area contributed by atoms with Crippen molar-refractivity contribution in [3.05, 3.63) is 123 Å². The number of nitrogens with one attached hydrogen (secondary N) is 2. The molecule has 0 fully saturated rings. The van der Waals surface area contributed by atoms with Gasteiger partial charge in [0.15, 0.2) is 11.5 Å². The molecule has 4 aromatic carbocycles. The Kier molecular flexibility index (Phi) is 7.87. The van der Waals surface area contributed by atoms with Crippen LogP contribution in [0.5, 0.6) is 17.2 Å². The maximum absolute atomic E-state index is 12.8. The van der Waals surface area contributed by atoms with Gasteiger partial charge in [-0.3, -0.25) is 19.7 Å². The van der Waals surface area contributed by atoms with Gasteiger partial charge >= 0.3 is 11.7 Å². The van der Waals surface area contributed by atoms with E-state index >= 15 is 0 Å². The summed E-state index contributed by atoms with van der Waals surface area (Å²) >= 11 is 0. The number of anilines is 1. The van der Waals surface area contributed by atoms with E-state index in [0.29, 0.717) is 22.7 Å². The van der Waals surface area contributed by atoms with Crippen molar-refractivity contribution >= 4 is 35.4 Å². The lowest BCUT2D eigenvalue weighted by Gasteiger charge is -2.09. The fourth-order valence-corrected chi connectivity index (χ4v) is 3.99. The Labute approximate surface area is 238 Å². The number of carbonyl (C=O) groups is 3. The van der Waals surface area contributed by atoms with Gasteiger partial charge in [-0.1, -0.05) is 23.8 Å². The third kappa shape index (κ3) is 6.23. The third-order valence-corrected chi connectivity index (χ3v) is 6.08. The molecule has 5 rings (SSSR count). The summed E-state index contributed by atoms with van der Waals surface area (Å²) in [5.74, 6) is -1.27. The first kappa shape index (κ1) is 27.5. The van der Waals surface area contributed by atoms with Gasteiger partial charge in [0.05, 0.1) is 16.7 Å². The molecule has 1 aliphatic heterocycles. The first-order chi connectivity index (χ1) is 20.3. The van der Waals surface area contributed by atoms with Gasteiger partial charge in [0.1, 0.15) is 0 Å². The van der Waals surface area contributed by atoms with Crippen LogP contribution < -0.4 is 25.0 Å². The number of hydrogen-bond acceptors (Lipinski definition) is 9. The summed E-state index contributed by atoms with van der Waals surface area (Å²) in [6.45, 7) is 1.90. The summed E-state index contributed by atoms with van der Waals surface area (Å²) in [7, 11) is 0. The Morgan fingerprint density at radius 1 is 0.881 bits per heavy atom. The first-order valence-electron chi connectivity index (χ1n) is 12.5. The third-order valence-electron chi connectivity index (χ3n) is 6.08. The highest BCUT2D eigenvalue weighted by molar-refractivity contribution is 6.04. The minimum absolute atomic E-state index is 0.0129. The Morgan fingerprint density at radius 2 is 1.62 bits per heavy atom. The van der Waals surface area contributed by atoms with Gasteiger partial charge in [-0.25, -0.2) is 10.2 Å². The zero-order chi connectivity index (χ0) is 29.6. The molecule has 0 spiro atoms. The van der Waals surface area contributed by atoms with E-state index in [0.717, 1.165) is 11.8 Å². The second-order valence-corrected chi connectivity index (χ2v) is 9.01. The summed E-state index contributed by atoms with van der Waals surface area (Å²) in [6, 6.07) is 21.7. The van der Waals surface area contributed by atoms with E-state index in [1.165, 1.54) is 48.5 Å². The number of esters is 1. The van der Waals surface area contributed by atoms with Gasteiger partial charge in [0, 0.05) is 28.4 Å². The molecule has 2 amide bonds. The normalized spacial score (nSPS) is 11.6. The van der Waals surface area contributed by atoms with Crippen molar-refractivity contribution in [1.29, 1.82) is 0 Å². The van der Waals surface area contributed by atoms with Crippen molar-refractivity contribution < 1.29 is 33.5 Å². The highest BCUT2D eigenvalue weighted by Crippen LogP contribution is 2.34. The molecule has 1 aliphatic rings. The van der Waals surface area contributed by atoms with Gasteiger partial charge in [0.25, 0.3) is 11.8 Å². The zero-order valence-corrected chi connectivity index (χ0v) is 22.0. The average molecular weight is 567 g/mol. The monoisotopic (exact) mass is 566 g/mol. The zero-order valence-electron chi connectivity index (χ0n) is 22.0. The highest BCUT2D eigenvalue weighted by Gasteiger charge is 2.24. The molecule has 210 valence electrons. The lowest BCUT2D eigenvalue weighted by molar-refractivity contribution is -0.385. The van der Waals surface area contributed by atoms with Crippen LogP contribution in [0.2, 0.25) is 0 Å². The Morgan fingerprint density at radius 3 is 2.38 bits per heavy atom. The number of benzene rings is 4. The maximum Gasteiger partial charge on any atom is 0.343 e. The molecule has 0 bridgehead atoms. The van der Waals surface area contributed by atoms with E-state index in [2.05, 4.69) is 15.8 Å². The van der Waals surface area contributed by atoms with Gasteiger partial charge in [-0.2, -0.15) is 5.10 Å². The minimum Gasteiger partial charge on any atom is -0.454 e. The summed E-state index contributed by atoms with van der Waals surface area (Å²) in [4.78, 5) is 48.8. The number of rotatable bonds is 8. The van der Waals surface area contributed by atoms with Crippen LogP contribution in [0.25, 0.3) is 0 Å². The highest BCUT2D eigenvalue weighted by atomic mass is 16.7. The molecule has 0 atom stereocenters. The van der Waals surface area contributed by atoms with Crippen molar-refractivity contribution in [2.75, 3.05) is 12.1 Å². The Bertz CT molecular complexity index is 1730. The Balaban J connectivity index is 1.26. The number of nitro benzene ring substituents is 1. The van der Waals surface area contributed by atoms with Crippen LogP contribution in [0.3, 0.4) is 0 Å². The first-order valence-corrected chi connectivity index (χ1v) is 12.5. The molecule has 1 heterocycles. The van der Waals surface area contributed by atoms with Crippen LogP contribution >= 0.6 is 0 Å². The molecule has 2 N–H and O–H groups in total. The van der Waals surface area contributed by atoms with Crippen LogP contribution in [0.4, 0.5) is 11.4 Å². The minimum atomic E-state index is -0.865. The van der Waals surface area contributed by atoms with Gasteiger partial charge in [-0.05, 0) is 67.6 Å².